The molecule has 36 nitrogen and oxygen atoms in total. The van der Waals surface area contributed by atoms with Crippen LogP contribution in [0.4, 0.5) is 0 Å². The first kappa shape index (κ1) is 99.4. The maximum Gasteiger partial charge on any atom is 0.245 e. The molecule has 0 radical (unpaired) electrons. The summed E-state index contributed by atoms with van der Waals surface area (Å²) in [6, 6.07) is -11.5. The molecule has 38 heteroatoms. The van der Waals surface area contributed by atoms with Crippen LogP contribution in [0.3, 0.4) is 0 Å². The first-order valence-corrected chi connectivity index (χ1v) is 41.3. The summed E-state index contributed by atoms with van der Waals surface area (Å²) in [4.78, 5) is 210. The molecule has 0 saturated heterocycles. The molecule has 0 unspecified atom stereocenters. The van der Waals surface area contributed by atoms with Crippen LogP contribution in [-0.4, -0.2) is 233 Å². The van der Waals surface area contributed by atoms with Gasteiger partial charge in [0.2, 0.25) is 88.6 Å². The molecular formula is C74H128N20O16S2. The molecule has 0 fully saturated rings. The highest BCUT2D eigenvalue weighted by atomic mass is 32.2. The lowest BCUT2D eigenvalue weighted by atomic mass is 9.98. The number of para-hydroxylation sites is 1. The number of rotatable bonds is 56. The zero-order chi connectivity index (χ0) is 84.5. The number of benzene rings is 1. The Hall–Kier alpha value is -8.69. The van der Waals surface area contributed by atoms with Crippen LogP contribution in [0.1, 0.15) is 171 Å². The second-order valence-corrected chi connectivity index (χ2v) is 30.8. The molecule has 27 N–H and O–H groups in total. The number of carbonyl (C=O) groups excluding carboxylic acids is 15. The van der Waals surface area contributed by atoms with Crippen molar-refractivity contribution in [3.63, 3.8) is 0 Å². The smallest absolute Gasteiger partial charge is 0.245 e. The van der Waals surface area contributed by atoms with Crippen molar-refractivity contribution in [3.8, 4) is 0 Å². The number of thioether (sulfide) groups is 2. The first-order chi connectivity index (χ1) is 52.9. The molecule has 112 heavy (non-hydrogen) atoms. The Morgan fingerprint density at radius 3 is 1.21 bits per heavy atom. The van der Waals surface area contributed by atoms with Gasteiger partial charge in [-0.25, -0.2) is 0 Å². The SMILES string of the molecule is CC[C@H](C)[C@H](N)C(=O)N[C@@H](CC(N)=O)C(=O)N[C@@H](Cc1c[nH]c2ccccc12)C(=O)N[C@@H](CCCCN)C(=O)N[C@@H](CCCCN)C(=O)N[C@@H](CCSC)C(=O)N[C@@H](C)C(=O)N[C@@H](C)C(=O)N[C@H](C(=O)N[C@@H](C)C(=O)N[C@@H](CC(C)C)C(=O)N[C@@H](CCCCN)C(=O)N[C@@H](CCSC)C(=O)N[C@H](C(N)=O)[C@@H](C)CC)[C@@H](C)O. The fraction of sp³-hybridized carbons (Fsp3) is 0.689. The highest BCUT2D eigenvalue weighted by Gasteiger charge is 2.38. The van der Waals surface area contributed by atoms with E-state index in [9.17, 15) is 77.0 Å². The highest BCUT2D eigenvalue weighted by molar-refractivity contribution is 7.98. The number of hydrogen-bond acceptors (Lipinski definition) is 22. The lowest BCUT2D eigenvalue weighted by Crippen LogP contribution is -2.61. The average Bonchev–Trinajstić information content (AvgIpc) is 1.64. The minimum atomic E-state index is -1.73. The number of nitrogens with two attached hydrogens (primary N) is 6. The van der Waals surface area contributed by atoms with Crippen molar-refractivity contribution in [2.45, 2.75) is 263 Å². The third-order valence-corrected chi connectivity index (χ3v) is 20.3. The van der Waals surface area contributed by atoms with Gasteiger partial charge in [0, 0.05) is 23.5 Å². The van der Waals surface area contributed by atoms with E-state index in [1.807, 2.05) is 20.1 Å². The van der Waals surface area contributed by atoms with Gasteiger partial charge in [0.1, 0.15) is 78.5 Å². The average molecular weight is 1620 g/mol. The van der Waals surface area contributed by atoms with Crippen LogP contribution >= 0.6 is 23.5 Å². The molecule has 0 aliphatic heterocycles. The molecule has 0 saturated carbocycles. The second-order valence-electron chi connectivity index (χ2n) is 28.9. The third kappa shape index (κ3) is 35.1. The summed E-state index contributed by atoms with van der Waals surface area (Å²) in [6.45, 7) is 16.5. The number of unbranched alkanes of at least 4 members (excludes halogenated alkanes) is 3. The van der Waals surface area contributed by atoms with Crippen molar-refractivity contribution in [1.29, 1.82) is 0 Å². The van der Waals surface area contributed by atoms with Crippen LogP contribution in [0.25, 0.3) is 10.9 Å². The van der Waals surface area contributed by atoms with E-state index in [1.54, 1.807) is 64.4 Å². The second kappa shape index (κ2) is 52.6. The van der Waals surface area contributed by atoms with E-state index in [0.717, 1.165) is 0 Å². The van der Waals surface area contributed by atoms with E-state index in [1.165, 1.54) is 51.2 Å². The zero-order valence-electron chi connectivity index (χ0n) is 67.0. The number of fused-ring (bicyclic) bond motifs is 1. The molecule has 632 valence electrons. The molecule has 2 rings (SSSR count). The maximum atomic E-state index is 14.7. The van der Waals surface area contributed by atoms with E-state index in [2.05, 4.69) is 74.1 Å². The van der Waals surface area contributed by atoms with Gasteiger partial charge in [0.25, 0.3) is 0 Å². The van der Waals surface area contributed by atoms with Crippen molar-refractivity contribution in [2.75, 3.05) is 43.7 Å². The lowest BCUT2D eigenvalue weighted by molar-refractivity contribution is -0.137. The molecule has 17 atom stereocenters. The van der Waals surface area contributed by atoms with Gasteiger partial charge in [-0.2, -0.15) is 23.5 Å². The Labute approximate surface area is 665 Å². The molecule has 1 aromatic carbocycles. The number of nitrogens with one attached hydrogen (secondary N) is 14. The standard InChI is InChI=1S/C74H128N20O16S2/c1-13-40(5)58(79)73(109)92-56(37-57(78)96)72(108)91-55(36-46-38-81-48-24-16-15-23-47(46)48)71(107)87-50(26-18-21-31-76)66(102)85-49(25-17-20-30-75)67(103)88-52(28-33-111-11)65(101)83-42(7)62(98)82-44(9)64(100)94-60(45(10)95)74(110)84-43(8)63(99)90-54(35-39(3)4)70(106)86-51(27-19-22-32-77)68(104)89-53(29-34-112-12)69(105)93-59(61(80)97)41(6)14-2/h15-16,23-24,38-45,49-56,58-60,81,95H,13-14,17-22,25-37,75-77,79H2,1-12H3,(H2,78,96)(H2,80,97)(H,82,98)(H,83,101)(H,84,110)(H,85,102)(H,86,106)(H,87,107)(H,88,103)(H,89,104)(H,90,99)(H,91,108)(H,92,109)(H,93,105)(H,94,100)/t40-,41-,42-,43-,44-,45+,49-,50-,51-,52-,53-,54-,55-,56-,58-,59-,60-/m0/s1. The quantitative estimate of drug-likeness (QED) is 0.0297. The van der Waals surface area contributed by atoms with Crippen molar-refractivity contribution in [1.82, 2.24) is 74.1 Å². The van der Waals surface area contributed by atoms with E-state index in [4.69, 9.17) is 34.4 Å². The molecule has 15 amide bonds. The summed E-state index contributed by atoms with van der Waals surface area (Å²) >= 11 is 2.76. The number of hydrogen-bond donors (Lipinski definition) is 21. The van der Waals surface area contributed by atoms with Gasteiger partial charge in [-0.3, -0.25) is 71.9 Å². The number of H-pyrrole nitrogens is 1. The van der Waals surface area contributed by atoms with Crippen LogP contribution in [0, 0.1) is 17.8 Å². The number of aromatic amines is 1. The molecule has 0 aliphatic rings. The summed E-state index contributed by atoms with van der Waals surface area (Å²) in [6.07, 6.45) is 6.50. The van der Waals surface area contributed by atoms with Crippen LogP contribution in [0.5, 0.6) is 0 Å². The minimum Gasteiger partial charge on any atom is -0.391 e. The van der Waals surface area contributed by atoms with Crippen LogP contribution < -0.4 is 104 Å². The van der Waals surface area contributed by atoms with Gasteiger partial charge in [-0.1, -0.05) is 72.6 Å². The zero-order valence-corrected chi connectivity index (χ0v) is 68.6. The molecule has 0 spiro atoms. The normalized spacial score (nSPS) is 15.9. The van der Waals surface area contributed by atoms with Crippen molar-refractivity contribution in [3.05, 3.63) is 36.0 Å². The van der Waals surface area contributed by atoms with E-state index < -0.39 is 186 Å². The highest BCUT2D eigenvalue weighted by Crippen LogP contribution is 2.21. The van der Waals surface area contributed by atoms with E-state index in [-0.39, 0.29) is 82.3 Å². The van der Waals surface area contributed by atoms with Gasteiger partial charge in [-0.15, -0.1) is 0 Å². The van der Waals surface area contributed by atoms with Gasteiger partial charge in [0.15, 0.2) is 0 Å². The van der Waals surface area contributed by atoms with Gasteiger partial charge in [-0.05, 0) is 178 Å². The Kier molecular flexibility index (Phi) is 46.7. The van der Waals surface area contributed by atoms with Crippen LogP contribution in [0.15, 0.2) is 30.5 Å². The Morgan fingerprint density at radius 1 is 0.420 bits per heavy atom. The molecule has 2 aromatic rings. The largest absolute Gasteiger partial charge is 0.391 e. The van der Waals surface area contributed by atoms with Gasteiger partial charge in [0.05, 0.1) is 18.6 Å². The van der Waals surface area contributed by atoms with Crippen LogP contribution in [0.2, 0.25) is 0 Å². The summed E-state index contributed by atoms with van der Waals surface area (Å²) in [7, 11) is 0. The number of primary amides is 2. The molecule has 0 aliphatic carbocycles. The molecule has 1 heterocycles. The first-order valence-electron chi connectivity index (χ1n) is 38.5. The fourth-order valence-corrected chi connectivity index (χ4v) is 12.6. The number of aromatic nitrogens is 1. The number of carbonyl (C=O) groups is 15. The maximum absolute atomic E-state index is 14.7. The monoisotopic (exact) mass is 1620 g/mol. The summed E-state index contributed by atoms with van der Waals surface area (Å²) < 4.78 is 0. The summed E-state index contributed by atoms with van der Waals surface area (Å²) in [5.74, 6) is -12.7. The summed E-state index contributed by atoms with van der Waals surface area (Å²) in [5, 5.41) is 45.4. The Morgan fingerprint density at radius 2 is 0.777 bits per heavy atom. The molecule has 1 aromatic heterocycles. The minimum absolute atomic E-state index is 0.00146. The van der Waals surface area contributed by atoms with Gasteiger partial charge < -0.3 is 114 Å². The predicted octanol–water partition coefficient (Wildman–Crippen LogP) is -2.83. The third-order valence-electron chi connectivity index (χ3n) is 19.0. The van der Waals surface area contributed by atoms with E-state index >= 15 is 0 Å². The topological polar surface area (TPSA) is 605 Å². The predicted molar refractivity (Wildman–Crippen MR) is 430 cm³/mol. The lowest BCUT2D eigenvalue weighted by Gasteiger charge is -2.28. The molecular weight excluding hydrogens is 1490 g/mol. The van der Waals surface area contributed by atoms with Crippen molar-refractivity contribution >= 4 is 123 Å². The number of aliphatic hydroxyl groups excluding tert-OH is 1. The Balaban J connectivity index is 2.34. The fourth-order valence-electron chi connectivity index (χ4n) is 11.7. The Bertz CT molecular complexity index is 3410. The van der Waals surface area contributed by atoms with Gasteiger partial charge >= 0.3 is 0 Å². The number of aliphatic hydroxyl groups is 1. The molecule has 0 bridgehead atoms. The van der Waals surface area contributed by atoms with Crippen molar-refractivity contribution in [2.24, 2.45) is 52.2 Å². The van der Waals surface area contributed by atoms with E-state index in [0.29, 0.717) is 79.3 Å². The van der Waals surface area contributed by atoms with Crippen molar-refractivity contribution < 1.29 is 77.0 Å². The van der Waals surface area contributed by atoms with Crippen LogP contribution in [-0.2, 0) is 78.3 Å². The summed E-state index contributed by atoms with van der Waals surface area (Å²) in [5.41, 5.74) is 36.1. The number of amides is 15.